The molecule has 16 heavy (non-hydrogen) atoms. The fraction of sp³-hybridized carbons (Fsp3) is 0.455. The zero-order chi connectivity index (χ0) is 11.5. The number of hydrogen-bond donors (Lipinski definition) is 2. The van der Waals surface area contributed by atoms with Crippen LogP contribution in [-0.4, -0.2) is 21.8 Å². The smallest absolute Gasteiger partial charge is 0.404 e. The summed E-state index contributed by atoms with van der Waals surface area (Å²) in [7, 11) is 0. The van der Waals surface area contributed by atoms with Crippen molar-refractivity contribution in [2.24, 2.45) is 5.92 Å². The molecule has 1 heterocycles. The standard InChI is InChI=1S/C11H14N2O3/c14-10-3-1-2-4-13(10)7-8-5-9(6-8)12-11(15)16/h1-4,8-9,12H,5-7H2,(H,15,16)/t8-,9-. The lowest BCUT2D eigenvalue weighted by atomic mass is 9.80. The minimum atomic E-state index is -0.972. The first-order valence-corrected chi connectivity index (χ1v) is 5.30. The van der Waals surface area contributed by atoms with Gasteiger partial charge in [-0.2, -0.15) is 0 Å². The highest BCUT2D eigenvalue weighted by atomic mass is 16.4. The highest BCUT2D eigenvalue weighted by Crippen LogP contribution is 2.28. The van der Waals surface area contributed by atoms with E-state index < -0.39 is 6.09 Å². The summed E-state index contributed by atoms with van der Waals surface area (Å²) in [4.78, 5) is 21.8. The van der Waals surface area contributed by atoms with E-state index in [9.17, 15) is 9.59 Å². The van der Waals surface area contributed by atoms with Gasteiger partial charge in [0.2, 0.25) is 0 Å². The zero-order valence-corrected chi connectivity index (χ0v) is 8.80. The van der Waals surface area contributed by atoms with Crippen molar-refractivity contribution in [1.82, 2.24) is 9.88 Å². The monoisotopic (exact) mass is 222 g/mol. The Balaban J connectivity index is 1.84. The lowest BCUT2D eigenvalue weighted by Crippen LogP contribution is -2.45. The molecule has 0 atom stereocenters. The van der Waals surface area contributed by atoms with E-state index in [0.29, 0.717) is 12.5 Å². The zero-order valence-electron chi connectivity index (χ0n) is 8.80. The number of carboxylic acid groups (broad SMARTS) is 1. The molecule has 1 saturated carbocycles. The Hall–Kier alpha value is -1.78. The molecule has 2 N–H and O–H groups in total. The molecule has 0 spiro atoms. The van der Waals surface area contributed by atoms with Crippen molar-refractivity contribution in [3.63, 3.8) is 0 Å². The van der Waals surface area contributed by atoms with Crippen LogP contribution in [0.15, 0.2) is 29.2 Å². The van der Waals surface area contributed by atoms with E-state index in [-0.39, 0.29) is 11.6 Å². The lowest BCUT2D eigenvalue weighted by Gasteiger charge is -2.35. The molecule has 5 nitrogen and oxygen atoms in total. The Morgan fingerprint density at radius 3 is 2.88 bits per heavy atom. The van der Waals surface area contributed by atoms with Gasteiger partial charge in [-0.05, 0) is 24.8 Å². The summed E-state index contributed by atoms with van der Waals surface area (Å²) >= 11 is 0. The number of amides is 1. The molecule has 1 fully saturated rings. The van der Waals surface area contributed by atoms with Gasteiger partial charge in [-0.15, -0.1) is 0 Å². The second-order valence-electron chi connectivity index (χ2n) is 4.18. The van der Waals surface area contributed by atoms with Crippen LogP contribution in [0.4, 0.5) is 4.79 Å². The minimum Gasteiger partial charge on any atom is -0.465 e. The largest absolute Gasteiger partial charge is 0.465 e. The summed E-state index contributed by atoms with van der Waals surface area (Å²) in [6.07, 6.45) is 2.42. The number of hydrogen-bond acceptors (Lipinski definition) is 2. The van der Waals surface area contributed by atoms with Crippen molar-refractivity contribution >= 4 is 6.09 Å². The van der Waals surface area contributed by atoms with Gasteiger partial charge < -0.3 is 15.0 Å². The fourth-order valence-corrected chi connectivity index (χ4v) is 2.07. The third kappa shape index (κ3) is 2.42. The third-order valence-corrected chi connectivity index (χ3v) is 2.92. The highest BCUT2D eigenvalue weighted by Gasteiger charge is 2.30. The van der Waals surface area contributed by atoms with Crippen molar-refractivity contribution < 1.29 is 9.90 Å². The first-order chi connectivity index (χ1) is 7.65. The molecule has 1 aliphatic rings. The van der Waals surface area contributed by atoms with Crippen LogP contribution in [0.25, 0.3) is 0 Å². The molecule has 0 unspecified atom stereocenters. The van der Waals surface area contributed by atoms with E-state index in [1.807, 2.05) is 6.07 Å². The topological polar surface area (TPSA) is 71.3 Å². The maximum Gasteiger partial charge on any atom is 0.404 e. The van der Waals surface area contributed by atoms with Gasteiger partial charge in [0, 0.05) is 24.8 Å². The van der Waals surface area contributed by atoms with E-state index in [1.165, 1.54) is 6.07 Å². The van der Waals surface area contributed by atoms with Crippen LogP contribution in [-0.2, 0) is 6.54 Å². The molecular weight excluding hydrogens is 208 g/mol. The fourth-order valence-electron chi connectivity index (χ4n) is 2.07. The van der Waals surface area contributed by atoms with Crippen LogP contribution in [0.3, 0.4) is 0 Å². The molecule has 0 aliphatic heterocycles. The molecule has 86 valence electrons. The van der Waals surface area contributed by atoms with Gasteiger partial charge in [0.15, 0.2) is 0 Å². The van der Waals surface area contributed by atoms with Crippen molar-refractivity contribution in [3.05, 3.63) is 34.7 Å². The predicted molar refractivity (Wildman–Crippen MR) is 58.4 cm³/mol. The summed E-state index contributed by atoms with van der Waals surface area (Å²) in [6.45, 7) is 0.678. The van der Waals surface area contributed by atoms with Crippen LogP contribution in [0, 0.1) is 5.92 Å². The van der Waals surface area contributed by atoms with Gasteiger partial charge in [0.1, 0.15) is 0 Å². The Morgan fingerprint density at radius 1 is 1.50 bits per heavy atom. The second-order valence-corrected chi connectivity index (χ2v) is 4.18. The molecule has 1 aromatic heterocycles. The van der Waals surface area contributed by atoms with Gasteiger partial charge in [-0.3, -0.25) is 4.79 Å². The molecule has 1 aliphatic carbocycles. The Morgan fingerprint density at radius 2 is 2.25 bits per heavy atom. The van der Waals surface area contributed by atoms with Crippen molar-refractivity contribution in [3.8, 4) is 0 Å². The van der Waals surface area contributed by atoms with E-state index >= 15 is 0 Å². The van der Waals surface area contributed by atoms with Crippen LogP contribution in [0.1, 0.15) is 12.8 Å². The highest BCUT2D eigenvalue weighted by molar-refractivity contribution is 5.64. The Kier molecular flexibility index (Phi) is 2.94. The van der Waals surface area contributed by atoms with Gasteiger partial charge in [-0.1, -0.05) is 6.07 Å². The average Bonchev–Trinajstić information content (AvgIpc) is 2.17. The molecule has 5 heteroatoms. The minimum absolute atomic E-state index is 0.00264. The van der Waals surface area contributed by atoms with Gasteiger partial charge in [0.05, 0.1) is 0 Å². The number of rotatable bonds is 3. The SMILES string of the molecule is O=C(O)N[C@H]1C[C@H](Cn2ccccc2=O)C1. The Labute approximate surface area is 92.7 Å². The summed E-state index contributed by atoms with van der Waals surface area (Å²) < 4.78 is 1.67. The van der Waals surface area contributed by atoms with E-state index in [2.05, 4.69) is 5.32 Å². The average molecular weight is 222 g/mol. The number of aromatic nitrogens is 1. The van der Waals surface area contributed by atoms with Crippen LogP contribution in [0.5, 0.6) is 0 Å². The second kappa shape index (κ2) is 4.38. The van der Waals surface area contributed by atoms with Gasteiger partial charge in [0.25, 0.3) is 5.56 Å². The molecule has 1 amide bonds. The summed E-state index contributed by atoms with van der Waals surface area (Å²) in [5.74, 6) is 0.400. The van der Waals surface area contributed by atoms with E-state index in [1.54, 1.807) is 16.8 Å². The van der Waals surface area contributed by atoms with Crippen molar-refractivity contribution in [1.29, 1.82) is 0 Å². The molecule has 1 aromatic rings. The molecule has 2 rings (SSSR count). The number of pyridine rings is 1. The maximum absolute atomic E-state index is 11.4. The quantitative estimate of drug-likeness (QED) is 0.798. The first kappa shape index (κ1) is 10.7. The molecule has 0 saturated heterocycles. The van der Waals surface area contributed by atoms with Crippen LogP contribution >= 0.6 is 0 Å². The molecule has 0 aromatic carbocycles. The number of carbonyl (C=O) groups is 1. The van der Waals surface area contributed by atoms with Gasteiger partial charge >= 0.3 is 6.09 Å². The van der Waals surface area contributed by atoms with E-state index in [0.717, 1.165) is 12.8 Å². The molecule has 0 radical (unpaired) electrons. The lowest BCUT2D eigenvalue weighted by molar-refractivity contribution is 0.159. The number of nitrogens with zero attached hydrogens (tertiary/aromatic N) is 1. The summed E-state index contributed by atoms with van der Waals surface area (Å²) in [5.41, 5.74) is -0.00264. The number of nitrogens with one attached hydrogen (secondary N) is 1. The Bertz CT molecular complexity index is 435. The normalized spacial score (nSPS) is 23.5. The predicted octanol–water partition coefficient (Wildman–Crippen LogP) is 0.894. The first-order valence-electron chi connectivity index (χ1n) is 5.30. The molecule has 0 bridgehead atoms. The van der Waals surface area contributed by atoms with Crippen molar-refractivity contribution in [2.45, 2.75) is 25.4 Å². The van der Waals surface area contributed by atoms with Gasteiger partial charge in [-0.25, -0.2) is 4.79 Å². The molecular formula is C11H14N2O3. The van der Waals surface area contributed by atoms with Crippen LogP contribution in [0.2, 0.25) is 0 Å². The maximum atomic E-state index is 11.4. The van der Waals surface area contributed by atoms with E-state index in [4.69, 9.17) is 5.11 Å². The van der Waals surface area contributed by atoms with Crippen LogP contribution < -0.4 is 10.9 Å². The van der Waals surface area contributed by atoms with Crippen molar-refractivity contribution in [2.75, 3.05) is 0 Å². The summed E-state index contributed by atoms with van der Waals surface area (Å²) in [6, 6.07) is 5.13. The third-order valence-electron chi connectivity index (χ3n) is 2.92. The summed E-state index contributed by atoms with van der Waals surface area (Å²) in [5, 5.41) is 10.9.